The minimum Gasteiger partial charge on any atom is -0.480 e. The Morgan fingerprint density at radius 3 is 3.06 bits per heavy atom. The molecule has 1 aliphatic carbocycles. The van der Waals surface area contributed by atoms with Gasteiger partial charge in [-0.2, -0.15) is 0 Å². The van der Waals surface area contributed by atoms with E-state index in [2.05, 4.69) is 31.7 Å². The molecule has 1 aromatic rings. The second-order valence-electron chi connectivity index (χ2n) is 4.87. The summed E-state index contributed by atoms with van der Waals surface area (Å²) in [4.78, 5) is 12.9. The Morgan fingerprint density at radius 1 is 1.61 bits per heavy atom. The largest absolute Gasteiger partial charge is 0.480 e. The van der Waals surface area contributed by atoms with Crippen LogP contribution in [-0.4, -0.2) is 29.1 Å². The van der Waals surface area contributed by atoms with E-state index in [0.717, 1.165) is 12.8 Å². The zero-order valence-corrected chi connectivity index (χ0v) is 10.7. The van der Waals surface area contributed by atoms with Crippen molar-refractivity contribution < 1.29 is 9.90 Å². The maximum Gasteiger partial charge on any atom is 0.317 e. The van der Waals surface area contributed by atoms with Crippen LogP contribution in [0.5, 0.6) is 0 Å². The molecule has 0 heterocycles. The number of hydrogen-bond acceptors (Lipinski definition) is 2. The number of carboxylic acids is 1. The van der Waals surface area contributed by atoms with E-state index in [9.17, 15) is 4.79 Å². The van der Waals surface area contributed by atoms with E-state index < -0.39 is 5.97 Å². The van der Waals surface area contributed by atoms with E-state index in [0.29, 0.717) is 6.54 Å². The summed E-state index contributed by atoms with van der Waals surface area (Å²) in [6.45, 7) is 6.48. The second-order valence-corrected chi connectivity index (χ2v) is 4.87. The smallest absolute Gasteiger partial charge is 0.317 e. The van der Waals surface area contributed by atoms with E-state index in [1.807, 2.05) is 4.90 Å². The summed E-state index contributed by atoms with van der Waals surface area (Å²) in [5, 5.41) is 9.00. The monoisotopic (exact) mass is 245 g/mol. The van der Waals surface area contributed by atoms with Gasteiger partial charge >= 0.3 is 5.97 Å². The molecule has 0 saturated heterocycles. The van der Waals surface area contributed by atoms with E-state index in [4.69, 9.17) is 5.11 Å². The fourth-order valence-electron chi connectivity index (χ4n) is 2.72. The van der Waals surface area contributed by atoms with Crippen molar-refractivity contribution in [2.75, 3.05) is 13.1 Å². The van der Waals surface area contributed by atoms with Gasteiger partial charge in [-0.3, -0.25) is 9.69 Å². The number of rotatable bonds is 5. The number of hydrogen-bond donors (Lipinski definition) is 1. The van der Waals surface area contributed by atoms with Crippen molar-refractivity contribution in [3.8, 4) is 0 Å². The molecule has 3 heteroatoms. The number of carboxylic acid groups (broad SMARTS) is 1. The van der Waals surface area contributed by atoms with E-state index in [1.54, 1.807) is 6.08 Å². The highest BCUT2D eigenvalue weighted by Gasteiger charge is 2.28. The van der Waals surface area contributed by atoms with Crippen LogP contribution in [-0.2, 0) is 11.2 Å². The summed E-state index contributed by atoms with van der Waals surface area (Å²) in [5.41, 5.74) is 3.87. The van der Waals surface area contributed by atoms with Crippen LogP contribution in [0.25, 0.3) is 0 Å². The van der Waals surface area contributed by atoms with Gasteiger partial charge in [-0.05, 0) is 30.9 Å². The van der Waals surface area contributed by atoms with Gasteiger partial charge in [0.15, 0.2) is 0 Å². The van der Waals surface area contributed by atoms with Crippen molar-refractivity contribution in [3.05, 3.63) is 47.5 Å². The highest BCUT2D eigenvalue weighted by Crippen LogP contribution is 2.36. The molecule has 0 fully saturated rings. The van der Waals surface area contributed by atoms with Crippen LogP contribution in [0.2, 0.25) is 0 Å². The Hall–Kier alpha value is -1.61. The minimum atomic E-state index is -0.780. The first-order chi connectivity index (χ1) is 8.61. The maximum absolute atomic E-state index is 10.9. The average Bonchev–Trinajstić information content (AvgIpc) is 2.70. The molecule has 3 nitrogen and oxygen atoms in total. The first-order valence-electron chi connectivity index (χ1n) is 6.28. The van der Waals surface area contributed by atoms with Crippen molar-refractivity contribution in [3.63, 3.8) is 0 Å². The number of carbonyl (C=O) groups is 1. The van der Waals surface area contributed by atoms with E-state index in [-0.39, 0.29) is 12.6 Å². The van der Waals surface area contributed by atoms with Crippen molar-refractivity contribution in [2.24, 2.45) is 0 Å². The predicted octanol–water partition coefficient (Wildman–Crippen LogP) is 2.55. The Balaban J connectivity index is 2.26. The summed E-state index contributed by atoms with van der Waals surface area (Å²) in [5.74, 6) is -0.780. The lowest BCUT2D eigenvalue weighted by Crippen LogP contribution is -2.32. The number of aryl methyl sites for hydroxylation is 2. The van der Waals surface area contributed by atoms with Gasteiger partial charge in [-0.25, -0.2) is 0 Å². The fraction of sp³-hybridized carbons (Fsp3) is 0.400. The van der Waals surface area contributed by atoms with Gasteiger partial charge in [0.05, 0.1) is 6.54 Å². The van der Waals surface area contributed by atoms with Gasteiger partial charge < -0.3 is 5.11 Å². The molecule has 1 atom stereocenters. The second kappa shape index (κ2) is 5.36. The Kier molecular flexibility index (Phi) is 3.82. The topological polar surface area (TPSA) is 40.5 Å². The van der Waals surface area contributed by atoms with Crippen molar-refractivity contribution in [2.45, 2.75) is 25.8 Å². The van der Waals surface area contributed by atoms with Gasteiger partial charge in [0.2, 0.25) is 0 Å². The average molecular weight is 245 g/mol. The number of nitrogens with zero attached hydrogens (tertiary/aromatic N) is 1. The van der Waals surface area contributed by atoms with E-state index in [1.165, 1.54) is 16.7 Å². The zero-order chi connectivity index (χ0) is 13.1. The molecule has 1 N–H and O–H groups in total. The quantitative estimate of drug-likeness (QED) is 0.810. The molecule has 96 valence electrons. The lowest BCUT2D eigenvalue weighted by Gasteiger charge is -2.26. The van der Waals surface area contributed by atoms with Crippen LogP contribution >= 0.6 is 0 Å². The third-order valence-electron chi connectivity index (χ3n) is 3.49. The van der Waals surface area contributed by atoms with Crippen LogP contribution < -0.4 is 0 Å². The highest BCUT2D eigenvalue weighted by atomic mass is 16.4. The van der Waals surface area contributed by atoms with Gasteiger partial charge in [0.1, 0.15) is 0 Å². The molecule has 0 spiro atoms. The Labute approximate surface area is 108 Å². The van der Waals surface area contributed by atoms with E-state index >= 15 is 0 Å². The number of benzene rings is 1. The normalized spacial score (nSPS) is 17.8. The molecule has 0 saturated carbocycles. The van der Waals surface area contributed by atoms with Crippen molar-refractivity contribution >= 4 is 5.97 Å². The fourth-order valence-corrected chi connectivity index (χ4v) is 2.72. The van der Waals surface area contributed by atoms with Crippen LogP contribution in [0.1, 0.15) is 29.2 Å². The van der Waals surface area contributed by atoms with Gasteiger partial charge in [0, 0.05) is 12.6 Å². The summed E-state index contributed by atoms with van der Waals surface area (Å²) in [6.07, 6.45) is 3.81. The molecule has 18 heavy (non-hydrogen) atoms. The Bertz CT molecular complexity index is 468. The summed E-state index contributed by atoms with van der Waals surface area (Å²) in [6, 6.07) is 6.69. The molecule has 1 unspecified atom stereocenters. The number of fused-ring (bicyclic) bond motifs is 1. The molecule has 0 bridgehead atoms. The van der Waals surface area contributed by atoms with Gasteiger partial charge in [-0.15, -0.1) is 6.58 Å². The molecular formula is C15H19NO2. The summed E-state index contributed by atoms with van der Waals surface area (Å²) in [7, 11) is 0. The van der Waals surface area contributed by atoms with Crippen LogP contribution in [0, 0.1) is 6.92 Å². The lowest BCUT2D eigenvalue weighted by atomic mass is 10.0. The molecule has 0 aromatic heterocycles. The third kappa shape index (κ3) is 2.62. The van der Waals surface area contributed by atoms with Crippen LogP contribution in [0.15, 0.2) is 30.9 Å². The minimum absolute atomic E-state index is 0.0735. The lowest BCUT2D eigenvalue weighted by molar-refractivity contribution is -0.138. The molecule has 1 aromatic carbocycles. The van der Waals surface area contributed by atoms with Crippen molar-refractivity contribution in [1.29, 1.82) is 0 Å². The maximum atomic E-state index is 10.9. The number of aliphatic carboxylic acids is 1. The summed E-state index contributed by atoms with van der Waals surface area (Å²) < 4.78 is 0. The summed E-state index contributed by atoms with van der Waals surface area (Å²) >= 11 is 0. The molecule has 1 aliphatic rings. The third-order valence-corrected chi connectivity index (χ3v) is 3.49. The molecule has 0 aliphatic heterocycles. The molecule has 0 radical (unpaired) electrons. The van der Waals surface area contributed by atoms with Crippen molar-refractivity contribution in [1.82, 2.24) is 4.90 Å². The van der Waals surface area contributed by atoms with Gasteiger partial charge in [0.25, 0.3) is 0 Å². The van der Waals surface area contributed by atoms with Crippen LogP contribution in [0.3, 0.4) is 0 Å². The molecule has 2 rings (SSSR count). The predicted molar refractivity (Wildman–Crippen MR) is 71.6 cm³/mol. The zero-order valence-electron chi connectivity index (χ0n) is 10.7. The first kappa shape index (κ1) is 12.8. The van der Waals surface area contributed by atoms with Gasteiger partial charge in [-0.1, -0.05) is 29.8 Å². The highest BCUT2D eigenvalue weighted by molar-refractivity contribution is 5.69. The molecule has 0 amide bonds. The Morgan fingerprint density at radius 2 is 2.39 bits per heavy atom. The molecular weight excluding hydrogens is 226 g/mol. The standard InChI is InChI=1S/C15H19NO2/c1-3-8-16(10-15(17)18)14-7-6-12-5-4-11(2)9-13(12)14/h3-5,9,14H,1,6-8,10H2,2H3,(H,17,18). The first-order valence-corrected chi connectivity index (χ1v) is 6.28. The van der Waals surface area contributed by atoms with Crippen LogP contribution in [0.4, 0.5) is 0 Å². The SMILES string of the molecule is C=CCN(CC(=O)O)C1CCc2ccc(C)cc21.